The second-order valence-corrected chi connectivity index (χ2v) is 4.95. The monoisotopic (exact) mass is 266 g/mol. The standard InChI is InChI=1S/C16H20F2O/c1-2-3-11-19-13-9-7-12(8-10-13)14-5-4-6-15(17)16(14)18/h4-7,13H,2-3,8-11H2,1H3. The van der Waals surface area contributed by atoms with Crippen molar-refractivity contribution in [2.75, 3.05) is 6.61 Å². The van der Waals surface area contributed by atoms with Crippen molar-refractivity contribution >= 4 is 5.57 Å². The van der Waals surface area contributed by atoms with Gasteiger partial charge in [-0.05, 0) is 37.3 Å². The summed E-state index contributed by atoms with van der Waals surface area (Å²) in [6, 6.07) is 4.35. The Labute approximate surface area is 113 Å². The van der Waals surface area contributed by atoms with E-state index < -0.39 is 11.6 Å². The average molecular weight is 266 g/mol. The van der Waals surface area contributed by atoms with Crippen molar-refractivity contribution in [2.24, 2.45) is 0 Å². The summed E-state index contributed by atoms with van der Waals surface area (Å²) in [4.78, 5) is 0. The minimum atomic E-state index is -0.778. The van der Waals surface area contributed by atoms with E-state index in [-0.39, 0.29) is 6.10 Å². The molecule has 0 saturated carbocycles. The summed E-state index contributed by atoms with van der Waals surface area (Å²) in [5, 5.41) is 0. The number of halogens is 2. The van der Waals surface area contributed by atoms with Crippen molar-refractivity contribution in [3.8, 4) is 0 Å². The first-order valence-electron chi connectivity index (χ1n) is 6.97. The van der Waals surface area contributed by atoms with Gasteiger partial charge >= 0.3 is 0 Å². The van der Waals surface area contributed by atoms with E-state index in [1.165, 1.54) is 0 Å². The minimum absolute atomic E-state index is 0.229. The minimum Gasteiger partial charge on any atom is -0.378 e. The molecule has 0 heterocycles. The fraction of sp³-hybridized carbons (Fsp3) is 0.500. The molecule has 0 N–H and O–H groups in total. The molecule has 0 radical (unpaired) electrons. The molecule has 104 valence electrons. The fourth-order valence-corrected chi connectivity index (χ4v) is 2.35. The Morgan fingerprint density at radius 1 is 1.32 bits per heavy atom. The molecule has 0 spiro atoms. The van der Waals surface area contributed by atoms with Crippen molar-refractivity contribution in [3.63, 3.8) is 0 Å². The first-order chi connectivity index (χ1) is 9.22. The Kier molecular flexibility index (Phi) is 5.08. The molecule has 1 unspecified atom stereocenters. The van der Waals surface area contributed by atoms with Crippen LogP contribution < -0.4 is 0 Å². The van der Waals surface area contributed by atoms with Crippen molar-refractivity contribution < 1.29 is 13.5 Å². The van der Waals surface area contributed by atoms with Crippen LogP contribution in [0, 0.1) is 11.6 Å². The lowest BCUT2D eigenvalue weighted by Crippen LogP contribution is -2.16. The molecular weight excluding hydrogens is 246 g/mol. The molecular formula is C16H20F2O. The zero-order chi connectivity index (χ0) is 13.7. The van der Waals surface area contributed by atoms with Crippen molar-refractivity contribution in [2.45, 2.75) is 45.1 Å². The van der Waals surface area contributed by atoms with E-state index in [1.807, 2.05) is 6.08 Å². The van der Waals surface area contributed by atoms with Crippen molar-refractivity contribution in [1.29, 1.82) is 0 Å². The van der Waals surface area contributed by atoms with Gasteiger partial charge in [0.05, 0.1) is 6.10 Å². The molecule has 0 saturated heterocycles. The van der Waals surface area contributed by atoms with Crippen LogP contribution >= 0.6 is 0 Å². The average Bonchev–Trinajstić information content (AvgIpc) is 2.43. The predicted octanol–water partition coefficient (Wildman–Crippen LogP) is 4.72. The van der Waals surface area contributed by atoms with E-state index in [0.717, 1.165) is 50.4 Å². The highest BCUT2D eigenvalue weighted by atomic mass is 19.2. The third-order valence-corrected chi connectivity index (χ3v) is 3.51. The van der Waals surface area contributed by atoms with Gasteiger partial charge in [-0.1, -0.05) is 31.6 Å². The molecule has 1 atom stereocenters. The summed E-state index contributed by atoms with van der Waals surface area (Å²) in [7, 11) is 0. The number of hydrogen-bond acceptors (Lipinski definition) is 1. The highest BCUT2D eigenvalue weighted by Gasteiger charge is 2.18. The quantitative estimate of drug-likeness (QED) is 0.701. The SMILES string of the molecule is CCCCOC1CC=C(c2cccc(F)c2F)CC1. The second-order valence-electron chi connectivity index (χ2n) is 4.95. The smallest absolute Gasteiger partial charge is 0.166 e. The Hall–Kier alpha value is -1.22. The number of benzene rings is 1. The molecule has 1 aromatic carbocycles. The van der Waals surface area contributed by atoms with E-state index in [4.69, 9.17) is 4.74 Å². The molecule has 1 aliphatic rings. The largest absolute Gasteiger partial charge is 0.378 e. The summed E-state index contributed by atoms with van der Waals surface area (Å²) >= 11 is 0. The second kappa shape index (κ2) is 6.80. The molecule has 0 amide bonds. The van der Waals surface area contributed by atoms with Crippen LogP contribution in [0.25, 0.3) is 5.57 Å². The van der Waals surface area contributed by atoms with Gasteiger partial charge in [-0.3, -0.25) is 0 Å². The predicted molar refractivity (Wildman–Crippen MR) is 72.8 cm³/mol. The summed E-state index contributed by atoms with van der Waals surface area (Å²) in [6.07, 6.45) is 6.83. The molecule has 0 aliphatic heterocycles. The van der Waals surface area contributed by atoms with Crippen LogP contribution in [0.2, 0.25) is 0 Å². The fourth-order valence-electron chi connectivity index (χ4n) is 2.35. The van der Waals surface area contributed by atoms with Crippen LogP contribution in [0.3, 0.4) is 0 Å². The lowest BCUT2D eigenvalue weighted by Gasteiger charge is -2.22. The molecule has 0 aromatic heterocycles. The van der Waals surface area contributed by atoms with Gasteiger partial charge in [0.15, 0.2) is 11.6 Å². The summed E-state index contributed by atoms with van der Waals surface area (Å²) < 4.78 is 32.6. The maximum atomic E-state index is 13.7. The molecule has 0 bridgehead atoms. The highest BCUT2D eigenvalue weighted by molar-refractivity contribution is 5.66. The maximum Gasteiger partial charge on any atom is 0.166 e. The third kappa shape index (κ3) is 3.63. The van der Waals surface area contributed by atoms with Gasteiger partial charge in [-0.25, -0.2) is 8.78 Å². The van der Waals surface area contributed by atoms with Crippen LogP contribution in [0.4, 0.5) is 8.78 Å². The molecule has 1 nitrogen and oxygen atoms in total. The molecule has 1 aromatic rings. The normalized spacial score (nSPS) is 19.3. The van der Waals surface area contributed by atoms with Gasteiger partial charge in [0, 0.05) is 12.2 Å². The van der Waals surface area contributed by atoms with E-state index in [2.05, 4.69) is 6.92 Å². The zero-order valence-electron chi connectivity index (χ0n) is 11.3. The van der Waals surface area contributed by atoms with Gasteiger partial charge < -0.3 is 4.74 Å². The number of ether oxygens (including phenoxy) is 1. The van der Waals surface area contributed by atoms with Crippen LogP contribution in [0.5, 0.6) is 0 Å². The number of unbranched alkanes of at least 4 members (excludes halogenated alkanes) is 1. The Morgan fingerprint density at radius 3 is 2.84 bits per heavy atom. The van der Waals surface area contributed by atoms with Crippen LogP contribution in [-0.4, -0.2) is 12.7 Å². The van der Waals surface area contributed by atoms with E-state index >= 15 is 0 Å². The lowest BCUT2D eigenvalue weighted by atomic mass is 9.91. The summed E-state index contributed by atoms with van der Waals surface area (Å²) in [6.45, 7) is 2.92. The zero-order valence-corrected chi connectivity index (χ0v) is 11.3. The molecule has 0 fully saturated rings. The molecule has 2 rings (SSSR count). The maximum absolute atomic E-state index is 13.7. The first kappa shape index (κ1) is 14.2. The Balaban J connectivity index is 1.98. The number of rotatable bonds is 5. The number of hydrogen-bond donors (Lipinski definition) is 0. The van der Waals surface area contributed by atoms with E-state index in [9.17, 15) is 8.78 Å². The van der Waals surface area contributed by atoms with Crippen molar-refractivity contribution in [1.82, 2.24) is 0 Å². The van der Waals surface area contributed by atoms with E-state index in [1.54, 1.807) is 12.1 Å². The van der Waals surface area contributed by atoms with Crippen LogP contribution in [-0.2, 0) is 4.74 Å². The third-order valence-electron chi connectivity index (χ3n) is 3.51. The number of allylic oxidation sites excluding steroid dienone is 1. The van der Waals surface area contributed by atoms with Crippen molar-refractivity contribution in [3.05, 3.63) is 41.5 Å². The molecule has 3 heteroatoms. The summed E-state index contributed by atoms with van der Waals surface area (Å²) in [5.41, 5.74) is 1.29. The van der Waals surface area contributed by atoms with Gasteiger partial charge in [-0.15, -0.1) is 0 Å². The highest BCUT2D eigenvalue weighted by Crippen LogP contribution is 2.30. The topological polar surface area (TPSA) is 9.23 Å². The summed E-state index contributed by atoms with van der Waals surface area (Å²) in [5.74, 6) is -1.51. The van der Waals surface area contributed by atoms with Gasteiger partial charge in [0.2, 0.25) is 0 Å². The van der Waals surface area contributed by atoms with Gasteiger partial charge in [0.25, 0.3) is 0 Å². The first-order valence-corrected chi connectivity index (χ1v) is 6.97. The van der Waals surface area contributed by atoms with Crippen LogP contribution in [0.1, 0.15) is 44.6 Å². The molecule has 19 heavy (non-hydrogen) atoms. The Bertz CT molecular complexity index is 454. The lowest BCUT2D eigenvalue weighted by molar-refractivity contribution is 0.0466. The Morgan fingerprint density at radius 2 is 2.16 bits per heavy atom. The molecule has 1 aliphatic carbocycles. The van der Waals surface area contributed by atoms with E-state index in [0.29, 0.717) is 5.56 Å². The van der Waals surface area contributed by atoms with Gasteiger partial charge in [-0.2, -0.15) is 0 Å². The van der Waals surface area contributed by atoms with Crippen LogP contribution in [0.15, 0.2) is 24.3 Å². The van der Waals surface area contributed by atoms with Gasteiger partial charge in [0.1, 0.15) is 0 Å².